The van der Waals surface area contributed by atoms with Crippen LogP contribution in [0.25, 0.3) is 0 Å². The van der Waals surface area contributed by atoms with Crippen molar-refractivity contribution in [2.75, 3.05) is 14.1 Å². The smallest absolute Gasteiger partial charge is 0.395 e. The van der Waals surface area contributed by atoms with E-state index < -0.39 is 6.09 Å². The zero-order valence-corrected chi connectivity index (χ0v) is 10.6. The Balaban J connectivity index is 2.71. The summed E-state index contributed by atoms with van der Waals surface area (Å²) in [5, 5.41) is 2.21. The molecule has 0 N–H and O–H groups in total. The second-order valence-corrected chi connectivity index (χ2v) is 4.12. The van der Waals surface area contributed by atoms with Gasteiger partial charge in [-0.2, -0.15) is 4.37 Å². The first-order chi connectivity index (χ1) is 7.47. The Hall–Kier alpha value is -1.05. The van der Waals surface area contributed by atoms with Crippen molar-refractivity contribution in [3.05, 3.63) is 10.2 Å². The maximum atomic E-state index is 11.5. The molecule has 0 spiro atoms. The largest absolute Gasteiger partial charge is 0.434 e. The lowest BCUT2D eigenvalue weighted by Gasteiger charge is -2.22. The van der Waals surface area contributed by atoms with Crippen LogP contribution in [-0.2, 0) is 4.79 Å². The summed E-state index contributed by atoms with van der Waals surface area (Å²) in [5.74, 6) is 0. The Bertz CT molecular complexity index is 412. The van der Waals surface area contributed by atoms with Crippen LogP contribution in [0.15, 0.2) is 0 Å². The Morgan fingerprint density at radius 3 is 2.56 bits per heavy atom. The summed E-state index contributed by atoms with van der Waals surface area (Å²) in [6.45, 7) is 0. The number of halogens is 2. The van der Waals surface area contributed by atoms with Gasteiger partial charge in [0.1, 0.15) is 5.02 Å². The molecule has 1 heterocycles. The van der Waals surface area contributed by atoms with E-state index >= 15 is 0 Å². The van der Waals surface area contributed by atoms with Crippen molar-refractivity contribution in [1.29, 1.82) is 0 Å². The lowest BCUT2D eigenvalue weighted by Crippen LogP contribution is -2.41. The zero-order valence-electron chi connectivity index (χ0n) is 8.31. The highest BCUT2D eigenvalue weighted by Gasteiger charge is 2.19. The summed E-state index contributed by atoms with van der Waals surface area (Å²) in [6, 6.07) is 0. The molecular weight excluding hydrogens is 277 g/mol. The average molecular weight is 284 g/mol. The highest BCUT2D eigenvalue weighted by Crippen LogP contribution is 2.35. The number of nitrogens with zero attached hydrogens (tertiary/aromatic N) is 3. The number of amides is 2. The molecule has 9 heteroatoms. The Kier molecular flexibility index (Phi) is 4.34. The molecule has 88 valence electrons. The van der Waals surface area contributed by atoms with Crippen LogP contribution >= 0.6 is 34.7 Å². The summed E-state index contributed by atoms with van der Waals surface area (Å²) < 4.78 is 8.57. The van der Waals surface area contributed by atoms with Crippen molar-refractivity contribution in [3.63, 3.8) is 0 Å². The number of hydrogen-bond donors (Lipinski definition) is 0. The fraction of sp³-hybridized carbons (Fsp3) is 0.286. The topological polar surface area (TPSA) is 62.7 Å². The van der Waals surface area contributed by atoms with Crippen molar-refractivity contribution in [1.82, 2.24) is 14.4 Å². The van der Waals surface area contributed by atoms with Gasteiger partial charge in [-0.05, 0) is 0 Å². The van der Waals surface area contributed by atoms with Crippen LogP contribution in [0, 0.1) is 0 Å². The van der Waals surface area contributed by atoms with E-state index in [0.29, 0.717) is 6.41 Å². The number of carbonyl (C=O) groups excluding carboxylic acids is 2. The molecule has 0 saturated carbocycles. The number of carbonyl (C=O) groups is 2. The van der Waals surface area contributed by atoms with Gasteiger partial charge in [0.15, 0.2) is 5.15 Å². The van der Waals surface area contributed by atoms with Crippen molar-refractivity contribution < 1.29 is 14.3 Å². The molecule has 6 nitrogen and oxygen atoms in total. The molecule has 16 heavy (non-hydrogen) atoms. The fourth-order valence-electron chi connectivity index (χ4n) is 0.654. The first-order valence-electron chi connectivity index (χ1n) is 3.91. The van der Waals surface area contributed by atoms with Crippen LogP contribution in [0.3, 0.4) is 0 Å². The molecule has 1 aromatic rings. The molecule has 2 amide bonds. The first kappa shape index (κ1) is 13.0. The Labute approximate surface area is 105 Å². The van der Waals surface area contributed by atoms with E-state index in [4.69, 9.17) is 27.9 Å². The Morgan fingerprint density at radius 1 is 1.50 bits per heavy atom. The van der Waals surface area contributed by atoms with Gasteiger partial charge in [-0.1, -0.05) is 23.2 Å². The van der Waals surface area contributed by atoms with Gasteiger partial charge in [0.2, 0.25) is 11.5 Å². The number of hydrogen-bond acceptors (Lipinski definition) is 5. The molecule has 0 bridgehead atoms. The standard InChI is InChI=1S/C7H7Cl2N3O3S/c1-11(3-13)12(2)7(14)15-6-4(8)5(9)10-16-6/h3H,1-2H3. The average Bonchev–Trinajstić information content (AvgIpc) is 2.58. The van der Waals surface area contributed by atoms with Gasteiger partial charge in [0.25, 0.3) is 0 Å². The third-order valence-electron chi connectivity index (χ3n) is 1.64. The lowest BCUT2D eigenvalue weighted by atomic mass is 10.7. The maximum absolute atomic E-state index is 11.5. The van der Waals surface area contributed by atoms with Crippen molar-refractivity contribution in [3.8, 4) is 5.06 Å². The maximum Gasteiger partial charge on any atom is 0.434 e. The highest BCUT2D eigenvalue weighted by molar-refractivity contribution is 7.09. The van der Waals surface area contributed by atoms with Crippen LogP contribution in [-0.4, -0.2) is 41.0 Å². The normalized spacial score (nSPS) is 9.75. The molecule has 1 rings (SSSR count). The van der Waals surface area contributed by atoms with Gasteiger partial charge in [-0.25, -0.2) is 9.80 Å². The van der Waals surface area contributed by atoms with E-state index in [9.17, 15) is 9.59 Å². The molecular formula is C7H7Cl2N3O3S. The Morgan fingerprint density at radius 2 is 2.12 bits per heavy atom. The molecule has 0 aliphatic carbocycles. The molecule has 0 aliphatic rings. The molecule has 1 aromatic heterocycles. The summed E-state index contributed by atoms with van der Waals surface area (Å²) in [7, 11) is 2.77. The minimum atomic E-state index is -0.767. The SMILES string of the molecule is CN(C=O)N(C)C(=O)Oc1snc(Cl)c1Cl. The lowest BCUT2D eigenvalue weighted by molar-refractivity contribution is -0.126. The summed E-state index contributed by atoms with van der Waals surface area (Å²) in [6.07, 6.45) is -0.306. The first-order valence-corrected chi connectivity index (χ1v) is 5.44. The van der Waals surface area contributed by atoms with E-state index in [1.807, 2.05) is 0 Å². The summed E-state index contributed by atoms with van der Waals surface area (Å²) in [4.78, 5) is 21.8. The van der Waals surface area contributed by atoms with E-state index in [-0.39, 0.29) is 15.2 Å². The van der Waals surface area contributed by atoms with E-state index in [0.717, 1.165) is 21.6 Å². The van der Waals surface area contributed by atoms with Gasteiger partial charge in [-0.3, -0.25) is 9.80 Å². The molecule has 0 aromatic carbocycles. The van der Waals surface area contributed by atoms with Gasteiger partial charge in [-0.15, -0.1) is 0 Å². The van der Waals surface area contributed by atoms with Crippen molar-refractivity contribution >= 4 is 47.2 Å². The number of hydrazine groups is 1. The molecule has 0 radical (unpaired) electrons. The number of ether oxygens (including phenoxy) is 1. The van der Waals surface area contributed by atoms with Crippen LogP contribution < -0.4 is 4.74 Å². The van der Waals surface area contributed by atoms with E-state index in [1.165, 1.54) is 14.1 Å². The third kappa shape index (κ3) is 2.75. The van der Waals surface area contributed by atoms with Crippen LogP contribution in [0.5, 0.6) is 5.06 Å². The van der Waals surface area contributed by atoms with Crippen LogP contribution in [0.2, 0.25) is 10.2 Å². The molecule has 0 fully saturated rings. The monoisotopic (exact) mass is 283 g/mol. The number of aromatic nitrogens is 1. The number of rotatable bonds is 3. The predicted molar refractivity (Wildman–Crippen MR) is 59.7 cm³/mol. The van der Waals surface area contributed by atoms with E-state index in [2.05, 4.69) is 4.37 Å². The van der Waals surface area contributed by atoms with Crippen molar-refractivity contribution in [2.24, 2.45) is 0 Å². The van der Waals surface area contributed by atoms with E-state index in [1.54, 1.807) is 0 Å². The molecule has 0 atom stereocenters. The minimum Gasteiger partial charge on any atom is -0.395 e. The zero-order chi connectivity index (χ0) is 12.3. The summed E-state index contributed by atoms with van der Waals surface area (Å²) >= 11 is 12.1. The molecule has 0 unspecified atom stereocenters. The minimum absolute atomic E-state index is 0.0702. The van der Waals surface area contributed by atoms with Gasteiger partial charge < -0.3 is 4.74 Å². The summed E-state index contributed by atoms with van der Waals surface area (Å²) in [5.41, 5.74) is 0. The molecule has 0 saturated heterocycles. The fourth-order valence-corrected chi connectivity index (χ4v) is 1.67. The third-order valence-corrected chi connectivity index (χ3v) is 3.30. The molecule has 0 aliphatic heterocycles. The van der Waals surface area contributed by atoms with Gasteiger partial charge in [0, 0.05) is 25.6 Å². The quantitative estimate of drug-likeness (QED) is 0.628. The van der Waals surface area contributed by atoms with Crippen molar-refractivity contribution in [2.45, 2.75) is 0 Å². The second kappa shape index (κ2) is 5.33. The highest BCUT2D eigenvalue weighted by atomic mass is 35.5. The second-order valence-electron chi connectivity index (χ2n) is 2.65. The van der Waals surface area contributed by atoms with Crippen LogP contribution in [0.1, 0.15) is 0 Å². The van der Waals surface area contributed by atoms with Crippen LogP contribution in [0.4, 0.5) is 4.79 Å². The van der Waals surface area contributed by atoms with Gasteiger partial charge >= 0.3 is 6.09 Å². The predicted octanol–water partition coefficient (Wildman–Crippen LogP) is 1.88. The van der Waals surface area contributed by atoms with Gasteiger partial charge in [0.05, 0.1) is 0 Å².